The SMILES string of the molecule is Cc1cc(C(=O)COC(=O)c2cccc(N3C(=O)CCC3=O)c2)c(C)n1C(C)C. The van der Waals surface area contributed by atoms with Crippen molar-refractivity contribution in [3.05, 3.63) is 52.8 Å². The van der Waals surface area contributed by atoms with Gasteiger partial charge < -0.3 is 9.30 Å². The van der Waals surface area contributed by atoms with Gasteiger partial charge in [0.15, 0.2) is 6.61 Å². The van der Waals surface area contributed by atoms with Gasteiger partial charge in [0.25, 0.3) is 0 Å². The van der Waals surface area contributed by atoms with Crippen LogP contribution in [0.3, 0.4) is 0 Å². The van der Waals surface area contributed by atoms with Gasteiger partial charge in [-0.2, -0.15) is 0 Å². The molecule has 1 saturated heterocycles. The number of ether oxygens (including phenoxy) is 1. The fourth-order valence-corrected chi connectivity index (χ4v) is 3.78. The Morgan fingerprint density at radius 3 is 2.31 bits per heavy atom. The summed E-state index contributed by atoms with van der Waals surface area (Å²) in [5.41, 5.74) is 2.85. The third-order valence-electron chi connectivity index (χ3n) is 5.03. The highest BCUT2D eigenvalue weighted by Crippen LogP contribution is 2.24. The van der Waals surface area contributed by atoms with Gasteiger partial charge in [-0.05, 0) is 52.0 Å². The van der Waals surface area contributed by atoms with E-state index in [4.69, 9.17) is 4.74 Å². The highest BCUT2D eigenvalue weighted by molar-refractivity contribution is 6.20. The number of carbonyl (C=O) groups is 4. The molecule has 152 valence electrons. The summed E-state index contributed by atoms with van der Waals surface area (Å²) in [7, 11) is 0. The predicted octanol–water partition coefficient (Wildman–Crippen LogP) is 3.38. The summed E-state index contributed by atoms with van der Waals surface area (Å²) in [6, 6.07) is 8.13. The number of anilines is 1. The molecule has 0 bridgehead atoms. The summed E-state index contributed by atoms with van der Waals surface area (Å²) in [4.78, 5) is 49.8. The first-order chi connectivity index (χ1) is 13.7. The second-order valence-corrected chi connectivity index (χ2v) is 7.42. The third-order valence-corrected chi connectivity index (χ3v) is 5.03. The van der Waals surface area contributed by atoms with Gasteiger partial charge in [0.2, 0.25) is 17.6 Å². The minimum atomic E-state index is -0.683. The lowest BCUT2D eigenvalue weighted by Gasteiger charge is -2.14. The van der Waals surface area contributed by atoms with Gasteiger partial charge in [0.1, 0.15) is 0 Å². The monoisotopic (exact) mass is 396 g/mol. The van der Waals surface area contributed by atoms with Crippen LogP contribution in [-0.4, -0.2) is 34.7 Å². The molecule has 1 aliphatic heterocycles. The molecule has 1 aliphatic rings. The fraction of sp³-hybridized carbons (Fsp3) is 0.364. The maximum absolute atomic E-state index is 12.6. The van der Waals surface area contributed by atoms with Crippen molar-refractivity contribution in [3.63, 3.8) is 0 Å². The van der Waals surface area contributed by atoms with Gasteiger partial charge in [0, 0.05) is 35.8 Å². The molecule has 7 heteroatoms. The topological polar surface area (TPSA) is 85.7 Å². The summed E-state index contributed by atoms with van der Waals surface area (Å²) in [6.07, 6.45) is 0.327. The molecule has 0 unspecified atom stereocenters. The Kier molecular flexibility index (Phi) is 5.68. The van der Waals surface area contributed by atoms with Gasteiger partial charge >= 0.3 is 5.97 Å². The molecular formula is C22H24N2O5. The van der Waals surface area contributed by atoms with Crippen LogP contribution in [0.4, 0.5) is 5.69 Å². The van der Waals surface area contributed by atoms with Crippen molar-refractivity contribution in [1.29, 1.82) is 0 Å². The maximum atomic E-state index is 12.6. The first-order valence-corrected chi connectivity index (χ1v) is 9.55. The molecule has 0 atom stereocenters. The number of hydrogen-bond donors (Lipinski definition) is 0. The number of aryl methyl sites for hydroxylation is 1. The maximum Gasteiger partial charge on any atom is 0.338 e. The number of rotatable bonds is 6. The van der Waals surface area contributed by atoms with Gasteiger partial charge in [-0.3, -0.25) is 19.3 Å². The first-order valence-electron chi connectivity index (χ1n) is 9.55. The zero-order chi connectivity index (χ0) is 21.3. The second-order valence-electron chi connectivity index (χ2n) is 7.42. The Bertz CT molecular complexity index is 987. The van der Waals surface area contributed by atoms with Crippen molar-refractivity contribution < 1.29 is 23.9 Å². The highest BCUT2D eigenvalue weighted by Gasteiger charge is 2.30. The van der Waals surface area contributed by atoms with E-state index >= 15 is 0 Å². The summed E-state index contributed by atoms with van der Waals surface area (Å²) >= 11 is 0. The molecule has 2 heterocycles. The van der Waals surface area contributed by atoms with Crippen molar-refractivity contribution in [3.8, 4) is 0 Å². The largest absolute Gasteiger partial charge is 0.454 e. The lowest BCUT2D eigenvalue weighted by atomic mass is 10.1. The van der Waals surface area contributed by atoms with Crippen LogP contribution in [0.5, 0.6) is 0 Å². The van der Waals surface area contributed by atoms with Crippen LogP contribution in [0, 0.1) is 13.8 Å². The average Bonchev–Trinajstić information content (AvgIpc) is 3.17. The Morgan fingerprint density at radius 2 is 1.72 bits per heavy atom. The molecule has 0 N–H and O–H groups in total. The van der Waals surface area contributed by atoms with Crippen LogP contribution in [0.15, 0.2) is 30.3 Å². The Labute approximate surface area is 169 Å². The normalized spacial score (nSPS) is 14.0. The Hall–Kier alpha value is -3.22. The lowest BCUT2D eigenvalue weighted by Crippen LogP contribution is -2.28. The van der Waals surface area contributed by atoms with Crippen molar-refractivity contribution >= 4 is 29.3 Å². The van der Waals surface area contributed by atoms with Crippen LogP contribution in [-0.2, 0) is 14.3 Å². The standard InChI is InChI=1S/C22H24N2O5/c1-13(2)23-14(3)10-18(15(23)4)19(25)12-29-22(28)16-6-5-7-17(11-16)24-20(26)8-9-21(24)27/h5-7,10-11,13H,8-9,12H2,1-4H3. The number of aromatic nitrogens is 1. The molecule has 29 heavy (non-hydrogen) atoms. The molecule has 0 aliphatic carbocycles. The molecule has 1 aromatic heterocycles. The van der Waals surface area contributed by atoms with Gasteiger partial charge in [-0.15, -0.1) is 0 Å². The van der Waals surface area contributed by atoms with E-state index < -0.39 is 5.97 Å². The number of Topliss-reactive ketones (excluding diaryl/α,β-unsaturated/α-hetero) is 1. The Morgan fingerprint density at radius 1 is 1.07 bits per heavy atom. The quantitative estimate of drug-likeness (QED) is 0.424. The summed E-state index contributed by atoms with van der Waals surface area (Å²) in [5, 5.41) is 0. The number of ketones is 1. The second kappa shape index (κ2) is 8.03. The minimum Gasteiger partial charge on any atom is -0.454 e. The van der Waals surface area contributed by atoms with Gasteiger partial charge in [-0.1, -0.05) is 6.07 Å². The predicted molar refractivity (Wildman–Crippen MR) is 107 cm³/mol. The number of nitrogens with zero attached hydrogens (tertiary/aromatic N) is 2. The molecule has 7 nitrogen and oxygen atoms in total. The van der Waals surface area contributed by atoms with Crippen molar-refractivity contribution in [2.45, 2.75) is 46.6 Å². The van der Waals surface area contributed by atoms with Crippen LogP contribution in [0.25, 0.3) is 0 Å². The fourth-order valence-electron chi connectivity index (χ4n) is 3.78. The van der Waals surface area contributed by atoms with Crippen LogP contribution < -0.4 is 4.90 Å². The number of carbonyl (C=O) groups excluding carboxylic acids is 4. The molecule has 1 aromatic carbocycles. The Balaban J connectivity index is 1.71. The van der Waals surface area contributed by atoms with Crippen LogP contribution in [0.1, 0.15) is 64.8 Å². The summed E-state index contributed by atoms with van der Waals surface area (Å²) in [6.45, 7) is 7.50. The van der Waals surface area contributed by atoms with E-state index in [-0.39, 0.29) is 48.7 Å². The minimum absolute atomic E-state index is 0.163. The van der Waals surface area contributed by atoms with E-state index in [0.29, 0.717) is 11.3 Å². The molecule has 2 amide bonds. The highest BCUT2D eigenvalue weighted by atomic mass is 16.5. The number of amides is 2. The van der Waals surface area contributed by atoms with Crippen molar-refractivity contribution in [2.75, 3.05) is 11.5 Å². The van der Waals surface area contributed by atoms with E-state index in [1.54, 1.807) is 18.2 Å². The lowest BCUT2D eigenvalue weighted by molar-refractivity contribution is -0.121. The molecule has 2 aromatic rings. The third kappa shape index (κ3) is 3.99. The van der Waals surface area contributed by atoms with E-state index in [1.807, 2.05) is 27.7 Å². The molecular weight excluding hydrogens is 372 g/mol. The average molecular weight is 396 g/mol. The van der Waals surface area contributed by atoms with Gasteiger partial charge in [-0.25, -0.2) is 4.79 Å². The number of esters is 1. The van der Waals surface area contributed by atoms with E-state index in [0.717, 1.165) is 16.3 Å². The van der Waals surface area contributed by atoms with Crippen LogP contribution >= 0.6 is 0 Å². The van der Waals surface area contributed by atoms with E-state index in [2.05, 4.69) is 4.57 Å². The summed E-state index contributed by atoms with van der Waals surface area (Å²) in [5.74, 6) is -1.55. The zero-order valence-corrected chi connectivity index (χ0v) is 17.0. The van der Waals surface area contributed by atoms with Gasteiger partial charge in [0.05, 0.1) is 11.3 Å². The molecule has 1 fully saturated rings. The number of imide groups is 1. The van der Waals surface area contributed by atoms with Crippen molar-refractivity contribution in [1.82, 2.24) is 4.57 Å². The van der Waals surface area contributed by atoms with E-state index in [9.17, 15) is 19.2 Å². The van der Waals surface area contributed by atoms with Crippen molar-refractivity contribution in [2.24, 2.45) is 0 Å². The summed E-state index contributed by atoms with van der Waals surface area (Å²) < 4.78 is 7.25. The molecule has 0 radical (unpaired) electrons. The zero-order valence-electron chi connectivity index (χ0n) is 17.0. The molecule has 3 rings (SSSR count). The van der Waals surface area contributed by atoms with Crippen LogP contribution in [0.2, 0.25) is 0 Å². The number of benzene rings is 1. The first kappa shape index (κ1) is 20.5. The number of hydrogen-bond acceptors (Lipinski definition) is 5. The smallest absolute Gasteiger partial charge is 0.338 e. The van der Waals surface area contributed by atoms with E-state index in [1.165, 1.54) is 12.1 Å². The molecule has 0 saturated carbocycles. The molecule has 0 spiro atoms.